The standard InChI is InChI=1S/C51H63F3N5O9P/c1-50(2,3)56-30-45(61)34-7-20-46(68-69(65,66)67)35(26-34)32-59(4)24-21-33(22-25-59)29-55-48(63)43-6-5-23-57(43)49(64)44-27-42(60)31-58(44)47(62)28-51(36-8-14-39(52)15-9-36,37-10-16-40(53)17-11-37)38-12-18-41(54)19-13-38/h7-20,26,33,42-45,56,60-61H,5-6,21-25,27-32H2,1-4H3,(H2-,55,63,65,66,67)/p+1. The van der Waals surface area contributed by atoms with E-state index < -0.39 is 66.8 Å². The molecule has 4 aromatic rings. The number of quaternary nitrogens is 1. The molecule has 69 heavy (non-hydrogen) atoms. The lowest BCUT2D eigenvalue weighted by Gasteiger charge is -2.41. The maximum Gasteiger partial charge on any atom is 0.524 e. The lowest BCUT2D eigenvalue weighted by atomic mass is 9.67. The highest BCUT2D eigenvalue weighted by molar-refractivity contribution is 7.46. The third kappa shape index (κ3) is 12.6. The minimum atomic E-state index is -4.88. The van der Waals surface area contributed by atoms with E-state index in [0.717, 1.165) is 12.8 Å². The molecule has 18 heteroatoms. The van der Waals surface area contributed by atoms with Crippen molar-refractivity contribution in [3.63, 3.8) is 0 Å². The molecular formula is C51H64F3N5O9P+. The number of likely N-dealkylation sites (tertiary alicyclic amines) is 3. The Morgan fingerprint density at radius 3 is 1.90 bits per heavy atom. The smallest absolute Gasteiger partial charge is 0.404 e. The number of carbonyl (C=O) groups excluding carboxylic acids is 3. The van der Waals surface area contributed by atoms with Crippen LogP contribution in [0.4, 0.5) is 13.2 Å². The van der Waals surface area contributed by atoms with Gasteiger partial charge in [0.25, 0.3) is 0 Å². The van der Waals surface area contributed by atoms with Gasteiger partial charge in [-0.15, -0.1) is 0 Å². The Hall–Kier alpha value is -5.13. The Morgan fingerprint density at radius 1 is 0.826 bits per heavy atom. The molecule has 4 unspecified atom stereocenters. The fourth-order valence-corrected chi connectivity index (χ4v) is 10.6. The summed E-state index contributed by atoms with van der Waals surface area (Å²) in [6.45, 7) is 8.44. The van der Waals surface area contributed by atoms with Gasteiger partial charge in [0.1, 0.15) is 41.8 Å². The van der Waals surface area contributed by atoms with Crippen LogP contribution < -0.4 is 15.2 Å². The van der Waals surface area contributed by atoms with Crippen LogP contribution in [0.3, 0.4) is 0 Å². The number of β-amino-alcohol motifs (C(OH)–C–C–N with tert-alkyl or cyclic N) is 2. The van der Waals surface area contributed by atoms with Gasteiger partial charge >= 0.3 is 7.82 Å². The number of phosphoric acid groups is 1. The number of nitrogens with zero attached hydrogens (tertiary/aromatic N) is 3. The summed E-state index contributed by atoms with van der Waals surface area (Å²) in [5.41, 5.74) is 0.880. The first-order valence-corrected chi connectivity index (χ1v) is 25.0. The van der Waals surface area contributed by atoms with Gasteiger partial charge in [-0.2, -0.15) is 0 Å². The fraction of sp³-hybridized carbons (Fsp3) is 0.471. The number of hydrogen-bond donors (Lipinski definition) is 6. The van der Waals surface area contributed by atoms with Crippen LogP contribution in [0.15, 0.2) is 91.0 Å². The van der Waals surface area contributed by atoms with Gasteiger partial charge in [-0.05, 0) is 110 Å². The van der Waals surface area contributed by atoms with Crippen molar-refractivity contribution in [2.24, 2.45) is 5.92 Å². The molecule has 0 spiro atoms. The van der Waals surface area contributed by atoms with Gasteiger partial charge < -0.3 is 39.7 Å². The van der Waals surface area contributed by atoms with Crippen LogP contribution in [-0.4, -0.2) is 122 Å². The number of carbonyl (C=O) groups is 3. The zero-order chi connectivity index (χ0) is 49.9. The summed E-state index contributed by atoms with van der Waals surface area (Å²) in [6, 6.07) is 19.4. The number of phosphoric ester groups is 1. The zero-order valence-corrected chi connectivity index (χ0v) is 40.4. The molecule has 3 heterocycles. The number of aliphatic hydroxyl groups is 2. The summed E-state index contributed by atoms with van der Waals surface area (Å²) in [4.78, 5) is 65.3. The van der Waals surface area contributed by atoms with Crippen molar-refractivity contribution < 1.29 is 61.1 Å². The molecule has 3 aliphatic heterocycles. The first-order chi connectivity index (χ1) is 32.5. The van der Waals surface area contributed by atoms with Gasteiger partial charge in [-0.1, -0.05) is 42.5 Å². The number of hydrogen-bond acceptors (Lipinski definition) is 8. The summed E-state index contributed by atoms with van der Waals surface area (Å²) < 4.78 is 60.6. The zero-order valence-electron chi connectivity index (χ0n) is 39.5. The van der Waals surface area contributed by atoms with Gasteiger partial charge in [0.05, 0.1) is 37.8 Å². The molecular weight excluding hydrogens is 915 g/mol. The van der Waals surface area contributed by atoms with Gasteiger partial charge in [0.15, 0.2) is 0 Å². The summed E-state index contributed by atoms with van der Waals surface area (Å²) in [5.74, 6) is -2.75. The average Bonchev–Trinajstić information content (AvgIpc) is 3.95. The summed E-state index contributed by atoms with van der Waals surface area (Å²) >= 11 is 0. The third-order valence-corrected chi connectivity index (χ3v) is 14.4. The van der Waals surface area contributed by atoms with E-state index in [-0.39, 0.29) is 55.6 Å². The number of halogens is 3. The predicted molar refractivity (Wildman–Crippen MR) is 252 cm³/mol. The van der Waals surface area contributed by atoms with Crippen molar-refractivity contribution >= 4 is 25.5 Å². The van der Waals surface area contributed by atoms with Crippen molar-refractivity contribution in [1.29, 1.82) is 0 Å². The minimum Gasteiger partial charge on any atom is -0.404 e. The van der Waals surface area contributed by atoms with E-state index in [2.05, 4.69) is 10.6 Å². The first-order valence-electron chi connectivity index (χ1n) is 23.5. The number of amides is 3. The van der Waals surface area contributed by atoms with Crippen molar-refractivity contribution in [1.82, 2.24) is 20.4 Å². The number of nitrogens with one attached hydrogen (secondary N) is 2. The molecule has 7 rings (SSSR count). The first kappa shape index (κ1) is 51.7. The highest BCUT2D eigenvalue weighted by Crippen LogP contribution is 2.44. The molecule has 0 aliphatic carbocycles. The van der Waals surface area contributed by atoms with Gasteiger partial charge in [-0.25, -0.2) is 17.7 Å². The normalized spacial score (nSPS) is 22.7. The predicted octanol–water partition coefficient (Wildman–Crippen LogP) is 5.85. The molecule has 14 nitrogen and oxygen atoms in total. The molecule has 0 aromatic heterocycles. The summed E-state index contributed by atoms with van der Waals surface area (Å²) in [7, 11) is -2.83. The molecule has 4 aromatic carbocycles. The Morgan fingerprint density at radius 2 is 1.38 bits per heavy atom. The second kappa shape index (κ2) is 21.1. The van der Waals surface area contributed by atoms with E-state index in [1.165, 1.54) is 88.7 Å². The largest absolute Gasteiger partial charge is 0.524 e. The number of rotatable bonds is 16. The highest BCUT2D eigenvalue weighted by Gasteiger charge is 2.48. The van der Waals surface area contributed by atoms with Crippen LogP contribution in [0.5, 0.6) is 5.75 Å². The van der Waals surface area contributed by atoms with E-state index in [1.54, 1.807) is 12.1 Å². The quantitative estimate of drug-likeness (QED) is 0.0452. The molecule has 0 radical (unpaired) electrons. The maximum absolute atomic E-state index is 14.8. The lowest BCUT2D eigenvalue weighted by molar-refractivity contribution is -0.928. The number of aliphatic hydroxyl groups excluding tert-OH is 2. The lowest BCUT2D eigenvalue weighted by Crippen LogP contribution is -2.54. The number of benzene rings is 4. The third-order valence-electron chi connectivity index (χ3n) is 13.9. The van der Waals surface area contributed by atoms with E-state index in [0.29, 0.717) is 71.3 Å². The van der Waals surface area contributed by atoms with Crippen LogP contribution in [0, 0.1) is 23.4 Å². The molecule has 0 saturated carbocycles. The van der Waals surface area contributed by atoms with E-state index in [1.807, 2.05) is 27.8 Å². The maximum atomic E-state index is 14.8. The van der Waals surface area contributed by atoms with Crippen LogP contribution >= 0.6 is 7.82 Å². The van der Waals surface area contributed by atoms with Crippen LogP contribution in [-0.2, 0) is 30.9 Å². The highest BCUT2D eigenvalue weighted by atomic mass is 31.2. The molecule has 6 N–H and O–H groups in total. The van der Waals surface area contributed by atoms with Gasteiger partial charge in [0.2, 0.25) is 17.7 Å². The van der Waals surface area contributed by atoms with Gasteiger partial charge in [0, 0.05) is 63.0 Å². The molecule has 3 fully saturated rings. The average molecular weight is 979 g/mol. The van der Waals surface area contributed by atoms with E-state index in [4.69, 9.17) is 4.52 Å². The molecule has 372 valence electrons. The monoisotopic (exact) mass is 978 g/mol. The second-order valence-corrected chi connectivity index (χ2v) is 21.4. The molecule has 4 atom stereocenters. The van der Waals surface area contributed by atoms with Crippen LogP contribution in [0.2, 0.25) is 0 Å². The minimum absolute atomic E-state index is 0.0418. The summed E-state index contributed by atoms with van der Waals surface area (Å²) in [5, 5.41) is 28.3. The molecule has 3 saturated heterocycles. The van der Waals surface area contributed by atoms with Crippen molar-refractivity contribution in [3.05, 3.63) is 136 Å². The van der Waals surface area contributed by atoms with Crippen LogP contribution in [0.25, 0.3) is 0 Å². The van der Waals surface area contributed by atoms with E-state index in [9.17, 15) is 52.1 Å². The molecule has 0 bridgehead atoms. The molecule has 3 aliphatic rings. The SMILES string of the molecule is CC(C)(C)NCC(O)c1ccc(OP(=O)(O)O)c(C[N+]2(C)CCC(CNC(=O)C3CCCN3C(=O)C3CC(O)CN3C(=O)CC(c3ccc(F)cc3)(c3ccc(F)cc3)c3ccc(F)cc3)CC2)c1. The van der Waals surface area contributed by atoms with Crippen LogP contribution in [0.1, 0.15) is 93.2 Å². The summed E-state index contributed by atoms with van der Waals surface area (Å²) in [6.07, 6.45) is 0.0929. The Bertz CT molecular complexity index is 2390. The Kier molecular flexibility index (Phi) is 15.8. The number of piperidine rings is 1. The van der Waals surface area contributed by atoms with Crippen molar-refractivity contribution in [2.45, 2.75) is 101 Å². The van der Waals surface area contributed by atoms with Crippen molar-refractivity contribution in [2.75, 3.05) is 46.3 Å². The van der Waals surface area contributed by atoms with Crippen molar-refractivity contribution in [3.8, 4) is 5.75 Å². The second-order valence-electron chi connectivity index (χ2n) is 20.3. The fourth-order valence-electron chi connectivity index (χ4n) is 10.2. The van der Waals surface area contributed by atoms with E-state index >= 15 is 0 Å². The topological polar surface area (TPSA) is 189 Å². The van der Waals surface area contributed by atoms with Gasteiger partial charge in [-0.3, -0.25) is 24.2 Å². The molecule has 3 amide bonds. The Balaban J connectivity index is 1.01. The Labute approximate surface area is 401 Å².